The molecule has 0 radical (unpaired) electrons. The van der Waals surface area contributed by atoms with Gasteiger partial charge in [0.05, 0.1) is 7.11 Å². The quantitative estimate of drug-likeness (QED) is 0.767. The molecule has 1 aromatic carbocycles. The Morgan fingerprint density at radius 1 is 1.38 bits per heavy atom. The van der Waals surface area contributed by atoms with Crippen LogP contribution in [0.2, 0.25) is 0 Å². The van der Waals surface area contributed by atoms with Gasteiger partial charge in [-0.2, -0.15) is 0 Å². The van der Waals surface area contributed by atoms with Crippen LogP contribution >= 0.6 is 12.4 Å². The fourth-order valence-corrected chi connectivity index (χ4v) is 3.76. The van der Waals surface area contributed by atoms with Crippen LogP contribution in [0.25, 0.3) is 0 Å². The molecule has 1 aromatic rings. The standard InChI is InChI=1S/C15H23N3O4S.ClH/c1-16-10-12-5-4-8-18(12)15(19)11-6-7-13(22-3)14(9-11)23(20,21)17-2;/h6-7,9,12,16-17H,4-5,8,10H2,1-3H3;1H. The Balaban J connectivity index is 0.00000288. The largest absolute Gasteiger partial charge is 0.495 e. The van der Waals surface area contributed by atoms with Crippen molar-refractivity contribution in [1.82, 2.24) is 14.9 Å². The minimum Gasteiger partial charge on any atom is -0.495 e. The summed E-state index contributed by atoms with van der Waals surface area (Å²) >= 11 is 0. The average Bonchev–Trinajstić information content (AvgIpc) is 3.02. The van der Waals surface area contributed by atoms with E-state index >= 15 is 0 Å². The SMILES string of the molecule is CNCC1CCCN1C(=O)c1ccc(OC)c(S(=O)(=O)NC)c1.Cl. The van der Waals surface area contributed by atoms with Gasteiger partial charge in [0.2, 0.25) is 10.0 Å². The summed E-state index contributed by atoms with van der Waals surface area (Å²) in [6.45, 7) is 1.41. The molecule has 0 bridgehead atoms. The zero-order chi connectivity index (χ0) is 17.0. The van der Waals surface area contributed by atoms with Gasteiger partial charge in [0.15, 0.2) is 0 Å². The van der Waals surface area contributed by atoms with Gasteiger partial charge in [-0.1, -0.05) is 0 Å². The Kier molecular flexibility index (Phi) is 7.47. The third kappa shape index (κ3) is 4.18. The Bertz CT molecular complexity index is 681. The summed E-state index contributed by atoms with van der Waals surface area (Å²) in [6, 6.07) is 4.63. The lowest BCUT2D eigenvalue weighted by molar-refractivity contribution is 0.0736. The van der Waals surface area contributed by atoms with Crippen LogP contribution in [0.5, 0.6) is 5.75 Å². The molecule has 1 aliphatic rings. The van der Waals surface area contributed by atoms with E-state index in [2.05, 4.69) is 10.0 Å². The Hall–Kier alpha value is -1.35. The van der Waals surface area contributed by atoms with Gasteiger partial charge in [-0.15, -0.1) is 12.4 Å². The maximum absolute atomic E-state index is 12.7. The summed E-state index contributed by atoms with van der Waals surface area (Å²) in [7, 11) is 0.875. The number of hydrogen-bond donors (Lipinski definition) is 2. The van der Waals surface area contributed by atoms with Crippen LogP contribution in [0.4, 0.5) is 0 Å². The molecular weight excluding hydrogens is 354 g/mol. The number of carbonyl (C=O) groups is 1. The molecule has 2 N–H and O–H groups in total. The molecule has 0 spiro atoms. The van der Waals surface area contributed by atoms with E-state index in [-0.39, 0.29) is 35.0 Å². The van der Waals surface area contributed by atoms with Gasteiger partial charge in [-0.05, 0) is 45.1 Å². The number of nitrogens with one attached hydrogen (secondary N) is 2. The predicted octanol–water partition coefficient (Wildman–Crippen LogP) is 0.849. The van der Waals surface area contributed by atoms with Gasteiger partial charge < -0.3 is 15.0 Å². The van der Waals surface area contributed by atoms with Crippen molar-refractivity contribution in [2.45, 2.75) is 23.8 Å². The predicted molar refractivity (Wildman–Crippen MR) is 94.5 cm³/mol. The molecule has 0 saturated carbocycles. The summed E-state index contributed by atoms with van der Waals surface area (Å²) < 4.78 is 31.6. The minimum absolute atomic E-state index is 0. The second-order valence-electron chi connectivity index (χ2n) is 5.43. The smallest absolute Gasteiger partial charge is 0.254 e. The van der Waals surface area contributed by atoms with E-state index in [0.29, 0.717) is 12.1 Å². The van der Waals surface area contributed by atoms with Crippen molar-refractivity contribution in [3.8, 4) is 5.75 Å². The fourth-order valence-electron chi connectivity index (χ4n) is 2.85. The second-order valence-corrected chi connectivity index (χ2v) is 7.28. The number of rotatable bonds is 6. The number of likely N-dealkylation sites (tertiary alicyclic amines) is 1. The number of methoxy groups -OCH3 is 1. The number of amides is 1. The topological polar surface area (TPSA) is 87.7 Å². The van der Waals surface area contributed by atoms with E-state index in [1.54, 1.807) is 11.0 Å². The van der Waals surface area contributed by atoms with E-state index in [1.807, 2.05) is 7.05 Å². The Labute approximate surface area is 149 Å². The van der Waals surface area contributed by atoms with E-state index in [9.17, 15) is 13.2 Å². The number of nitrogens with zero attached hydrogens (tertiary/aromatic N) is 1. The lowest BCUT2D eigenvalue weighted by atomic mass is 10.1. The molecule has 1 aliphatic heterocycles. The zero-order valence-corrected chi connectivity index (χ0v) is 15.7. The van der Waals surface area contributed by atoms with Crippen molar-refractivity contribution >= 4 is 28.3 Å². The van der Waals surface area contributed by atoms with Crippen molar-refractivity contribution in [3.05, 3.63) is 23.8 Å². The van der Waals surface area contributed by atoms with Gasteiger partial charge in [0.25, 0.3) is 5.91 Å². The first-order valence-electron chi connectivity index (χ1n) is 7.51. The second kappa shape index (κ2) is 8.66. The summed E-state index contributed by atoms with van der Waals surface area (Å²) in [6.07, 6.45) is 1.90. The Morgan fingerprint density at radius 3 is 2.67 bits per heavy atom. The van der Waals surface area contributed by atoms with Gasteiger partial charge in [0, 0.05) is 24.7 Å². The molecule has 1 heterocycles. The highest BCUT2D eigenvalue weighted by molar-refractivity contribution is 7.89. The van der Waals surface area contributed by atoms with Gasteiger partial charge in [0.1, 0.15) is 10.6 Å². The molecule has 1 amide bonds. The lowest BCUT2D eigenvalue weighted by Gasteiger charge is -2.25. The van der Waals surface area contributed by atoms with Crippen LogP contribution in [0.15, 0.2) is 23.1 Å². The zero-order valence-electron chi connectivity index (χ0n) is 14.0. The molecule has 0 aromatic heterocycles. The normalized spacial score (nSPS) is 17.5. The van der Waals surface area contributed by atoms with Gasteiger partial charge in [-0.3, -0.25) is 4.79 Å². The van der Waals surface area contributed by atoms with Crippen LogP contribution in [-0.4, -0.2) is 59.6 Å². The van der Waals surface area contributed by atoms with Crippen LogP contribution in [0.3, 0.4) is 0 Å². The molecule has 2 rings (SSSR count). The van der Waals surface area contributed by atoms with Crippen LogP contribution in [-0.2, 0) is 10.0 Å². The number of sulfonamides is 1. The van der Waals surface area contributed by atoms with Crippen LogP contribution in [0, 0.1) is 0 Å². The highest BCUT2D eigenvalue weighted by Gasteiger charge is 2.30. The van der Waals surface area contributed by atoms with E-state index in [4.69, 9.17) is 4.74 Å². The molecule has 1 saturated heterocycles. The molecule has 1 unspecified atom stereocenters. The highest BCUT2D eigenvalue weighted by Crippen LogP contribution is 2.27. The van der Waals surface area contributed by atoms with Crippen LogP contribution in [0.1, 0.15) is 23.2 Å². The first kappa shape index (κ1) is 20.7. The lowest BCUT2D eigenvalue weighted by Crippen LogP contribution is -2.40. The summed E-state index contributed by atoms with van der Waals surface area (Å²) in [5, 5.41) is 3.09. The van der Waals surface area contributed by atoms with Gasteiger partial charge in [-0.25, -0.2) is 13.1 Å². The first-order chi connectivity index (χ1) is 10.9. The fraction of sp³-hybridized carbons (Fsp3) is 0.533. The summed E-state index contributed by atoms with van der Waals surface area (Å²) in [4.78, 5) is 14.5. The van der Waals surface area contributed by atoms with Crippen molar-refractivity contribution in [3.63, 3.8) is 0 Å². The van der Waals surface area contributed by atoms with Crippen molar-refractivity contribution < 1.29 is 17.9 Å². The maximum Gasteiger partial charge on any atom is 0.254 e. The molecule has 9 heteroatoms. The van der Waals surface area contributed by atoms with E-state index < -0.39 is 10.0 Å². The number of ether oxygens (including phenoxy) is 1. The average molecular weight is 378 g/mol. The monoisotopic (exact) mass is 377 g/mol. The molecule has 0 aliphatic carbocycles. The van der Waals surface area contributed by atoms with Crippen molar-refractivity contribution in [1.29, 1.82) is 0 Å². The summed E-state index contributed by atoms with van der Waals surface area (Å²) in [5.74, 6) is 0.0575. The maximum atomic E-state index is 12.7. The van der Waals surface area contributed by atoms with Crippen molar-refractivity contribution in [2.24, 2.45) is 0 Å². The molecule has 1 atom stereocenters. The third-order valence-electron chi connectivity index (χ3n) is 4.05. The molecule has 24 heavy (non-hydrogen) atoms. The molecular formula is C15H24ClN3O4S. The third-order valence-corrected chi connectivity index (χ3v) is 5.48. The number of carbonyl (C=O) groups excluding carboxylic acids is 1. The van der Waals surface area contributed by atoms with Crippen molar-refractivity contribution in [2.75, 3.05) is 34.3 Å². The molecule has 1 fully saturated rings. The number of halogens is 1. The van der Waals surface area contributed by atoms with Crippen LogP contribution < -0.4 is 14.8 Å². The number of likely N-dealkylation sites (N-methyl/N-ethyl adjacent to an activating group) is 1. The van der Waals surface area contributed by atoms with Gasteiger partial charge >= 0.3 is 0 Å². The first-order valence-corrected chi connectivity index (χ1v) is 9.00. The molecule has 136 valence electrons. The Morgan fingerprint density at radius 2 is 2.08 bits per heavy atom. The summed E-state index contributed by atoms with van der Waals surface area (Å²) in [5.41, 5.74) is 0.350. The van der Waals surface area contributed by atoms with E-state index in [1.165, 1.54) is 26.3 Å². The highest BCUT2D eigenvalue weighted by atomic mass is 35.5. The number of benzene rings is 1. The number of hydrogen-bond acceptors (Lipinski definition) is 5. The van der Waals surface area contributed by atoms with E-state index in [0.717, 1.165) is 19.4 Å². The minimum atomic E-state index is -3.70. The molecule has 7 nitrogen and oxygen atoms in total.